The molecule has 2 heterocycles. The lowest BCUT2D eigenvalue weighted by atomic mass is 9.82. The van der Waals surface area contributed by atoms with Gasteiger partial charge in [-0.1, -0.05) is 57.2 Å². The van der Waals surface area contributed by atoms with Crippen molar-refractivity contribution in [3.05, 3.63) is 78.0 Å². The van der Waals surface area contributed by atoms with Crippen molar-refractivity contribution in [1.82, 2.24) is 4.98 Å². The van der Waals surface area contributed by atoms with Crippen molar-refractivity contribution in [2.75, 3.05) is 0 Å². The second-order valence-corrected chi connectivity index (χ2v) is 9.83. The van der Waals surface area contributed by atoms with Crippen LogP contribution in [0.5, 0.6) is 0 Å². The minimum Gasteiger partial charge on any atom is -0.255 e. The van der Waals surface area contributed by atoms with Gasteiger partial charge in [0.15, 0.2) is 0 Å². The fourth-order valence-corrected chi connectivity index (χ4v) is 5.56. The Labute approximate surface area is 182 Å². The highest BCUT2D eigenvalue weighted by atomic mass is 32.1. The molecule has 2 aromatic heterocycles. The molecule has 0 bridgehead atoms. The van der Waals surface area contributed by atoms with E-state index < -0.39 is 11.7 Å². The molecular formula is C26H20F3NS. The monoisotopic (exact) mass is 435 g/mol. The Balaban J connectivity index is 1.85. The molecule has 0 aliphatic heterocycles. The maximum atomic E-state index is 13.6. The largest absolute Gasteiger partial charge is 0.417 e. The molecule has 0 amide bonds. The third kappa shape index (κ3) is 3.28. The molecule has 5 rings (SSSR count). The Bertz CT molecular complexity index is 1460. The first-order valence-electron chi connectivity index (χ1n) is 10.1. The summed E-state index contributed by atoms with van der Waals surface area (Å²) < 4.78 is 41.9. The van der Waals surface area contributed by atoms with Crippen LogP contribution < -0.4 is 0 Å². The summed E-state index contributed by atoms with van der Waals surface area (Å²) in [6, 6.07) is 18.6. The summed E-state index contributed by atoms with van der Waals surface area (Å²) in [5.74, 6) is 0. The van der Waals surface area contributed by atoms with E-state index in [1.54, 1.807) is 12.3 Å². The van der Waals surface area contributed by atoms with Gasteiger partial charge in [0.05, 0.1) is 16.0 Å². The molecule has 0 aliphatic rings. The quantitative estimate of drug-likeness (QED) is 0.257. The van der Waals surface area contributed by atoms with Crippen LogP contribution in [-0.2, 0) is 11.6 Å². The summed E-state index contributed by atoms with van der Waals surface area (Å²) in [7, 11) is 0. The molecule has 5 heteroatoms. The van der Waals surface area contributed by atoms with Crippen molar-refractivity contribution in [3.8, 4) is 11.3 Å². The van der Waals surface area contributed by atoms with E-state index in [0.29, 0.717) is 5.39 Å². The standard InChI is InChI=1S/C26H20F3NS/c1-25(2,3)21-14-16(13-15-7-4-5-8-17(15)21)22-24-19(11-12-30-22)18-9-6-10-20(23(18)31-24)26(27,28)29/h4-14H,1-3H3. The minimum atomic E-state index is -4.39. The number of fused-ring (bicyclic) bond motifs is 4. The van der Waals surface area contributed by atoms with E-state index in [1.807, 2.05) is 18.2 Å². The van der Waals surface area contributed by atoms with Gasteiger partial charge >= 0.3 is 6.18 Å². The van der Waals surface area contributed by atoms with E-state index in [0.717, 1.165) is 32.8 Å². The van der Waals surface area contributed by atoms with Crippen LogP contribution in [-0.4, -0.2) is 4.98 Å². The molecule has 3 aromatic carbocycles. The fourth-order valence-electron chi connectivity index (χ4n) is 4.22. The SMILES string of the molecule is CC(C)(C)c1cc(-c2nccc3c2sc2c(C(F)(F)F)cccc23)cc2ccccc12. The fraction of sp³-hybridized carbons (Fsp3) is 0.192. The zero-order valence-electron chi connectivity index (χ0n) is 17.3. The normalized spacial score (nSPS) is 12.8. The zero-order chi connectivity index (χ0) is 22.0. The summed E-state index contributed by atoms with van der Waals surface area (Å²) in [5.41, 5.74) is 2.16. The Hall–Kier alpha value is -2.92. The summed E-state index contributed by atoms with van der Waals surface area (Å²) >= 11 is 1.17. The van der Waals surface area contributed by atoms with Crippen molar-refractivity contribution in [1.29, 1.82) is 0 Å². The summed E-state index contributed by atoms with van der Waals surface area (Å²) in [6.07, 6.45) is -2.70. The molecule has 0 aliphatic carbocycles. The van der Waals surface area contributed by atoms with Crippen molar-refractivity contribution < 1.29 is 13.2 Å². The second kappa shape index (κ2) is 6.79. The highest BCUT2D eigenvalue weighted by Gasteiger charge is 2.33. The van der Waals surface area contributed by atoms with Crippen molar-refractivity contribution in [2.24, 2.45) is 0 Å². The third-order valence-corrected chi connectivity index (χ3v) is 6.92. The van der Waals surface area contributed by atoms with Gasteiger partial charge in [-0.05, 0) is 46.0 Å². The van der Waals surface area contributed by atoms with Crippen LogP contribution in [0.3, 0.4) is 0 Å². The molecule has 0 fully saturated rings. The average molecular weight is 436 g/mol. The van der Waals surface area contributed by atoms with E-state index >= 15 is 0 Å². The van der Waals surface area contributed by atoms with Gasteiger partial charge in [-0.25, -0.2) is 0 Å². The molecule has 0 spiro atoms. The maximum absolute atomic E-state index is 13.6. The molecule has 1 nitrogen and oxygen atoms in total. The van der Waals surface area contributed by atoms with Gasteiger partial charge < -0.3 is 0 Å². The Morgan fingerprint density at radius 3 is 2.19 bits per heavy atom. The number of thiophene rings is 1. The van der Waals surface area contributed by atoms with Crippen LogP contribution in [0.2, 0.25) is 0 Å². The number of hydrogen-bond acceptors (Lipinski definition) is 2. The van der Waals surface area contributed by atoms with E-state index in [4.69, 9.17) is 0 Å². The second-order valence-electron chi connectivity index (χ2n) is 8.81. The maximum Gasteiger partial charge on any atom is 0.417 e. The number of rotatable bonds is 1. The van der Waals surface area contributed by atoms with Crippen LogP contribution >= 0.6 is 11.3 Å². The highest BCUT2D eigenvalue weighted by molar-refractivity contribution is 7.26. The lowest BCUT2D eigenvalue weighted by Gasteiger charge is -2.22. The van der Waals surface area contributed by atoms with Crippen molar-refractivity contribution in [2.45, 2.75) is 32.4 Å². The summed E-state index contributed by atoms with van der Waals surface area (Å²) in [6.45, 7) is 6.50. The zero-order valence-corrected chi connectivity index (χ0v) is 18.2. The van der Waals surface area contributed by atoms with E-state index in [-0.39, 0.29) is 10.1 Å². The first-order chi connectivity index (χ1) is 14.6. The number of aromatic nitrogens is 1. The molecule has 0 N–H and O–H groups in total. The predicted octanol–water partition coefficient (Wildman–Crippen LogP) is 8.59. The lowest BCUT2D eigenvalue weighted by Crippen LogP contribution is -2.12. The first-order valence-corrected chi connectivity index (χ1v) is 10.9. The smallest absolute Gasteiger partial charge is 0.255 e. The van der Waals surface area contributed by atoms with E-state index in [1.165, 1.54) is 28.4 Å². The van der Waals surface area contributed by atoms with Crippen molar-refractivity contribution in [3.63, 3.8) is 0 Å². The summed E-state index contributed by atoms with van der Waals surface area (Å²) in [4.78, 5) is 4.62. The van der Waals surface area contributed by atoms with E-state index in [9.17, 15) is 13.2 Å². The molecule has 156 valence electrons. The molecule has 0 radical (unpaired) electrons. The molecule has 31 heavy (non-hydrogen) atoms. The Kier molecular flexibility index (Phi) is 4.38. The number of nitrogens with zero attached hydrogens (tertiary/aromatic N) is 1. The van der Waals surface area contributed by atoms with Gasteiger partial charge in [-0.15, -0.1) is 11.3 Å². The van der Waals surface area contributed by atoms with Gasteiger partial charge in [-0.2, -0.15) is 13.2 Å². The molecule has 0 unspecified atom stereocenters. The third-order valence-electron chi connectivity index (χ3n) is 5.66. The van der Waals surface area contributed by atoms with Crippen LogP contribution in [0, 0.1) is 0 Å². The van der Waals surface area contributed by atoms with Crippen molar-refractivity contribution >= 4 is 42.3 Å². The van der Waals surface area contributed by atoms with Gasteiger partial charge in [0.2, 0.25) is 0 Å². The van der Waals surface area contributed by atoms with Crippen LogP contribution in [0.4, 0.5) is 13.2 Å². The minimum absolute atomic E-state index is 0.0902. The number of hydrogen-bond donors (Lipinski definition) is 0. The van der Waals surface area contributed by atoms with E-state index in [2.05, 4.69) is 50.0 Å². The molecule has 0 saturated heterocycles. The average Bonchev–Trinajstić information content (AvgIpc) is 3.10. The van der Waals surface area contributed by atoms with Crippen LogP contribution in [0.25, 0.3) is 42.2 Å². The van der Waals surface area contributed by atoms with Gasteiger partial charge in [-0.3, -0.25) is 4.98 Å². The van der Waals surface area contributed by atoms with Gasteiger partial charge in [0.25, 0.3) is 0 Å². The molecule has 0 atom stereocenters. The predicted molar refractivity (Wildman–Crippen MR) is 124 cm³/mol. The highest BCUT2D eigenvalue weighted by Crippen LogP contribution is 2.45. The number of benzene rings is 3. The number of pyridine rings is 1. The summed E-state index contributed by atoms with van der Waals surface area (Å²) in [5, 5.41) is 3.71. The molecule has 0 saturated carbocycles. The van der Waals surface area contributed by atoms with Crippen LogP contribution in [0.1, 0.15) is 31.9 Å². The van der Waals surface area contributed by atoms with Gasteiger partial charge in [0.1, 0.15) is 0 Å². The Morgan fingerprint density at radius 2 is 1.45 bits per heavy atom. The number of alkyl halides is 3. The Morgan fingerprint density at radius 1 is 0.742 bits per heavy atom. The van der Waals surface area contributed by atoms with Crippen LogP contribution in [0.15, 0.2) is 66.9 Å². The molecular weight excluding hydrogens is 415 g/mol. The lowest BCUT2D eigenvalue weighted by molar-refractivity contribution is -0.136. The topological polar surface area (TPSA) is 12.9 Å². The number of halogens is 3. The molecule has 5 aromatic rings. The first kappa shape index (κ1) is 20.0. The van der Waals surface area contributed by atoms with Gasteiger partial charge in [0, 0.05) is 27.2 Å².